The number of para-hydroxylation sites is 2. The smallest absolute Gasteiger partial charge is 0.326 e. The first-order valence-electron chi connectivity index (χ1n) is 10.1. The van der Waals surface area contributed by atoms with Crippen LogP contribution in [0.5, 0.6) is 0 Å². The van der Waals surface area contributed by atoms with Crippen molar-refractivity contribution in [2.75, 3.05) is 19.4 Å². The molecule has 0 unspecified atom stereocenters. The Morgan fingerprint density at radius 3 is 2.26 bits per heavy atom. The number of aromatic nitrogens is 2. The number of nitrogens with one attached hydrogen (secondary N) is 1. The molecule has 166 valence electrons. The van der Waals surface area contributed by atoms with Crippen molar-refractivity contribution in [3.05, 3.63) is 58.0 Å². The van der Waals surface area contributed by atoms with Gasteiger partial charge in [-0.15, -0.1) is 0 Å². The Labute approximate surface area is 182 Å². The number of hydrogen-bond donors (Lipinski definition) is 1. The minimum atomic E-state index is -3.63. The van der Waals surface area contributed by atoms with Crippen LogP contribution in [0, 0.1) is 13.8 Å². The number of anilines is 1. The summed E-state index contributed by atoms with van der Waals surface area (Å²) in [4.78, 5) is 25.5. The number of fused-ring (bicyclic) bond motifs is 1. The van der Waals surface area contributed by atoms with Crippen LogP contribution < -0.4 is 11.0 Å². The van der Waals surface area contributed by atoms with Gasteiger partial charge in [0.15, 0.2) is 0 Å². The van der Waals surface area contributed by atoms with Gasteiger partial charge in [0.1, 0.15) is 0 Å². The lowest BCUT2D eigenvalue weighted by molar-refractivity contribution is -0.116. The van der Waals surface area contributed by atoms with E-state index in [4.69, 9.17) is 0 Å². The number of hydrogen-bond acceptors (Lipinski definition) is 4. The van der Waals surface area contributed by atoms with Crippen LogP contribution in [0.1, 0.15) is 24.5 Å². The van der Waals surface area contributed by atoms with Crippen molar-refractivity contribution < 1.29 is 13.2 Å². The van der Waals surface area contributed by atoms with Gasteiger partial charge < -0.3 is 5.32 Å². The zero-order valence-electron chi connectivity index (χ0n) is 18.5. The maximum absolute atomic E-state index is 12.7. The first kappa shape index (κ1) is 22.8. The molecule has 9 heteroatoms. The number of carbonyl (C=O) groups excluding carboxylic acids is 1. The summed E-state index contributed by atoms with van der Waals surface area (Å²) in [5, 5.41) is 2.82. The van der Waals surface area contributed by atoms with Crippen molar-refractivity contribution >= 4 is 32.7 Å². The molecule has 0 saturated heterocycles. The van der Waals surface area contributed by atoms with Gasteiger partial charge in [0.05, 0.1) is 15.9 Å². The van der Waals surface area contributed by atoms with Gasteiger partial charge in [-0.25, -0.2) is 17.5 Å². The van der Waals surface area contributed by atoms with E-state index in [9.17, 15) is 18.0 Å². The number of imidazole rings is 1. The Morgan fingerprint density at radius 2 is 1.68 bits per heavy atom. The van der Waals surface area contributed by atoms with Crippen molar-refractivity contribution in [2.24, 2.45) is 0 Å². The van der Waals surface area contributed by atoms with Crippen LogP contribution in [0.25, 0.3) is 11.0 Å². The van der Waals surface area contributed by atoms with E-state index < -0.39 is 10.0 Å². The van der Waals surface area contributed by atoms with Gasteiger partial charge in [-0.1, -0.05) is 12.1 Å². The maximum atomic E-state index is 12.7. The van der Waals surface area contributed by atoms with E-state index in [0.717, 1.165) is 26.5 Å². The van der Waals surface area contributed by atoms with Gasteiger partial charge >= 0.3 is 5.69 Å². The molecule has 0 bridgehead atoms. The van der Waals surface area contributed by atoms with Crippen molar-refractivity contribution in [3.8, 4) is 0 Å². The van der Waals surface area contributed by atoms with E-state index >= 15 is 0 Å². The Hall–Kier alpha value is -2.91. The molecule has 2 aromatic carbocycles. The molecule has 1 aromatic heterocycles. The Bertz CT molecular complexity index is 1300. The summed E-state index contributed by atoms with van der Waals surface area (Å²) in [5.74, 6) is -0.290. The van der Waals surface area contributed by atoms with Gasteiger partial charge in [0.2, 0.25) is 15.9 Å². The summed E-state index contributed by atoms with van der Waals surface area (Å²) < 4.78 is 29.4. The highest BCUT2D eigenvalue weighted by Crippen LogP contribution is 2.25. The summed E-state index contributed by atoms with van der Waals surface area (Å²) in [6, 6.07) is 10.6. The molecule has 0 aliphatic carbocycles. The van der Waals surface area contributed by atoms with Crippen LogP contribution in [0.4, 0.5) is 5.69 Å². The third-order valence-electron chi connectivity index (χ3n) is 5.50. The van der Waals surface area contributed by atoms with Crippen LogP contribution >= 0.6 is 0 Å². The van der Waals surface area contributed by atoms with Crippen LogP contribution in [0.3, 0.4) is 0 Å². The maximum Gasteiger partial charge on any atom is 0.329 e. The third-order valence-corrected chi connectivity index (χ3v) is 7.29. The monoisotopic (exact) mass is 444 g/mol. The molecule has 3 aromatic rings. The minimum absolute atomic E-state index is 0.0841. The average Bonchev–Trinajstić information content (AvgIpc) is 2.99. The van der Waals surface area contributed by atoms with Crippen LogP contribution in [-0.4, -0.2) is 41.9 Å². The predicted octanol–water partition coefficient (Wildman–Crippen LogP) is 2.72. The number of nitrogens with zero attached hydrogens (tertiary/aromatic N) is 3. The van der Waals surface area contributed by atoms with Gasteiger partial charge in [0.25, 0.3) is 0 Å². The quantitative estimate of drug-likeness (QED) is 0.606. The van der Waals surface area contributed by atoms with E-state index in [1.165, 1.54) is 20.2 Å². The molecular weight excluding hydrogens is 416 g/mol. The Morgan fingerprint density at radius 1 is 1.06 bits per heavy atom. The highest BCUT2D eigenvalue weighted by atomic mass is 32.2. The fraction of sp³-hybridized carbons (Fsp3) is 0.364. The molecule has 8 nitrogen and oxygen atoms in total. The van der Waals surface area contributed by atoms with Crippen molar-refractivity contribution in [3.63, 3.8) is 0 Å². The van der Waals surface area contributed by atoms with E-state index in [2.05, 4.69) is 5.32 Å². The lowest BCUT2D eigenvalue weighted by atomic mass is 10.1. The molecule has 0 fully saturated rings. The summed E-state index contributed by atoms with van der Waals surface area (Å²) in [7, 11) is -0.695. The highest BCUT2D eigenvalue weighted by molar-refractivity contribution is 7.89. The molecule has 0 saturated carbocycles. The molecule has 0 atom stereocenters. The standard InChI is InChI=1S/C22H28N4O4S/c1-6-25-19-9-7-8-10-20(19)26(22(25)28)12-11-21(27)23-18-14-17(13-15(2)16(18)3)31(29,30)24(4)5/h7-10,13-14H,6,11-12H2,1-5H3,(H,23,27). The summed E-state index contributed by atoms with van der Waals surface area (Å²) in [6.07, 6.45) is 0.0841. The summed E-state index contributed by atoms with van der Waals surface area (Å²) in [5.41, 5.74) is 3.49. The van der Waals surface area contributed by atoms with E-state index in [1.807, 2.05) is 38.1 Å². The average molecular weight is 445 g/mol. The number of benzene rings is 2. The van der Waals surface area contributed by atoms with Crippen molar-refractivity contribution in [1.29, 1.82) is 0 Å². The van der Waals surface area contributed by atoms with Crippen molar-refractivity contribution in [1.82, 2.24) is 13.4 Å². The van der Waals surface area contributed by atoms with Crippen LogP contribution in [0.2, 0.25) is 0 Å². The fourth-order valence-corrected chi connectivity index (χ4v) is 4.55. The van der Waals surface area contributed by atoms with Gasteiger partial charge in [0, 0.05) is 39.3 Å². The molecule has 0 aliphatic heterocycles. The van der Waals surface area contributed by atoms with Gasteiger partial charge in [-0.05, 0) is 56.2 Å². The first-order chi connectivity index (χ1) is 14.6. The zero-order valence-corrected chi connectivity index (χ0v) is 19.3. The molecular formula is C22H28N4O4S. The second kappa shape index (κ2) is 8.68. The Balaban J connectivity index is 1.84. The predicted molar refractivity (Wildman–Crippen MR) is 122 cm³/mol. The van der Waals surface area contributed by atoms with Crippen LogP contribution in [-0.2, 0) is 27.9 Å². The second-order valence-electron chi connectivity index (χ2n) is 7.67. The molecule has 1 amide bonds. The van der Waals surface area contributed by atoms with E-state index in [-0.39, 0.29) is 29.5 Å². The second-order valence-corrected chi connectivity index (χ2v) is 9.82. The molecule has 3 rings (SSSR count). The summed E-state index contributed by atoms with van der Waals surface area (Å²) >= 11 is 0. The first-order valence-corrected chi connectivity index (χ1v) is 11.5. The van der Waals surface area contributed by atoms with Gasteiger partial charge in [-0.3, -0.25) is 13.9 Å². The molecule has 0 aliphatic rings. The fourth-order valence-electron chi connectivity index (χ4n) is 3.54. The number of carbonyl (C=O) groups is 1. The number of amides is 1. The summed E-state index contributed by atoms with van der Waals surface area (Å²) in [6.45, 7) is 6.32. The minimum Gasteiger partial charge on any atom is -0.326 e. The van der Waals surface area contributed by atoms with Crippen molar-refractivity contribution in [2.45, 2.75) is 45.2 Å². The van der Waals surface area contributed by atoms with E-state index in [1.54, 1.807) is 22.1 Å². The Kier molecular flexibility index (Phi) is 6.38. The molecule has 0 spiro atoms. The molecule has 1 N–H and O–H groups in total. The molecule has 1 heterocycles. The number of aryl methyl sites for hydroxylation is 3. The van der Waals surface area contributed by atoms with Crippen LogP contribution in [0.15, 0.2) is 46.1 Å². The lowest BCUT2D eigenvalue weighted by Gasteiger charge is -2.16. The molecule has 0 radical (unpaired) electrons. The highest BCUT2D eigenvalue weighted by Gasteiger charge is 2.20. The zero-order chi connectivity index (χ0) is 22.9. The molecule has 31 heavy (non-hydrogen) atoms. The number of sulfonamides is 1. The lowest BCUT2D eigenvalue weighted by Crippen LogP contribution is -2.26. The normalized spacial score (nSPS) is 11.9. The van der Waals surface area contributed by atoms with Gasteiger partial charge in [-0.2, -0.15) is 0 Å². The van der Waals surface area contributed by atoms with E-state index in [0.29, 0.717) is 12.2 Å². The topological polar surface area (TPSA) is 93.4 Å². The largest absolute Gasteiger partial charge is 0.329 e. The number of rotatable bonds is 7. The SMILES string of the molecule is CCn1c(=O)n(CCC(=O)Nc2cc(S(=O)(=O)N(C)C)cc(C)c2C)c2ccccc21. The third kappa shape index (κ3) is 4.28.